The topological polar surface area (TPSA) is 55.1 Å². The quantitative estimate of drug-likeness (QED) is 0.764. The standard InChI is InChI=1S/C13H15N5/c1-3-11-16-17-13-12(14-4-2)15-9-7-5-6-8-10(9)18(11)13/h5-8H,3-4H2,1-2H3,(H,14,15). The maximum Gasteiger partial charge on any atom is 0.204 e. The van der Waals surface area contributed by atoms with E-state index < -0.39 is 0 Å². The Balaban J connectivity index is 2.45. The summed E-state index contributed by atoms with van der Waals surface area (Å²) in [6.07, 6.45) is 0.848. The molecule has 1 aromatic carbocycles. The molecule has 0 spiro atoms. The molecule has 5 nitrogen and oxygen atoms in total. The van der Waals surface area contributed by atoms with Crippen molar-refractivity contribution in [3.63, 3.8) is 0 Å². The van der Waals surface area contributed by atoms with E-state index in [1.54, 1.807) is 0 Å². The van der Waals surface area contributed by atoms with Crippen LogP contribution >= 0.6 is 0 Å². The highest BCUT2D eigenvalue weighted by Crippen LogP contribution is 2.21. The number of fused-ring (bicyclic) bond motifs is 3. The molecule has 0 amide bonds. The summed E-state index contributed by atoms with van der Waals surface area (Å²) >= 11 is 0. The molecule has 0 atom stereocenters. The van der Waals surface area contributed by atoms with Crippen LogP contribution in [0.5, 0.6) is 0 Å². The summed E-state index contributed by atoms with van der Waals surface area (Å²) < 4.78 is 2.08. The van der Waals surface area contributed by atoms with E-state index in [1.807, 2.05) is 31.2 Å². The number of benzene rings is 1. The van der Waals surface area contributed by atoms with Gasteiger partial charge in [-0.1, -0.05) is 19.1 Å². The van der Waals surface area contributed by atoms with Gasteiger partial charge in [0.15, 0.2) is 5.82 Å². The van der Waals surface area contributed by atoms with Gasteiger partial charge in [-0.25, -0.2) is 4.98 Å². The largest absolute Gasteiger partial charge is 0.367 e. The maximum atomic E-state index is 4.61. The molecule has 0 aliphatic rings. The van der Waals surface area contributed by atoms with Crippen molar-refractivity contribution in [1.29, 1.82) is 0 Å². The second kappa shape index (κ2) is 4.25. The van der Waals surface area contributed by atoms with E-state index in [9.17, 15) is 0 Å². The van der Waals surface area contributed by atoms with Gasteiger partial charge >= 0.3 is 0 Å². The van der Waals surface area contributed by atoms with E-state index in [2.05, 4.69) is 31.8 Å². The fraction of sp³-hybridized carbons (Fsp3) is 0.308. The van der Waals surface area contributed by atoms with E-state index in [0.29, 0.717) is 0 Å². The minimum Gasteiger partial charge on any atom is -0.367 e. The van der Waals surface area contributed by atoms with Gasteiger partial charge in [-0.05, 0) is 19.1 Å². The minimum absolute atomic E-state index is 0.795. The van der Waals surface area contributed by atoms with Crippen molar-refractivity contribution in [2.24, 2.45) is 0 Å². The third kappa shape index (κ3) is 1.51. The number of anilines is 1. The Labute approximate surface area is 105 Å². The number of nitrogens with one attached hydrogen (secondary N) is 1. The van der Waals surface area contributed by atoms with Crippen molar-refractivity contribution in [3.05, 3.63) is 30.1 Å². The van der Waals surface area contributed by atoms with Gasteiger partial charge in [-0.15, -0.1) is 10.2 Å². The Morgan fingerprint density at radius 2 is 2.00 bits per heavy atom. The predicted octanol–water partition coefficient (Wildman–Crippen LogP) is 2.27. The lowest BCUT2D eigenvalue weighted by Gasteiger charge is -2.08. The van der Waals surface area contributed by atoms with Gasteiger partial charge in [0, 0.05) is 13.0 Å². The third-order valence-electron chi connectivity index (χ3n) is 2.96. The van der Waals surface area contributed by atoms with Gasteiger partial charge < -0.3 is 5.32 Å². The molecular formula is C13H15N5. The highest BCUT2D eigenvalue weighted by Gasteiger charge is 2.12. The summed E-state index contributed by atoms with van der Waals surface area (Å²) in [4.78, 5) is 4.61. The maximum absolute atomic E-state index is 4.61. The zero-order valence-corrected chi connectivity index (χ0v) is 10.5. The zero-order valence-electron chi connectivity index (χ0n) is 10.5. The summed E-state index contributed by atoms with van der Waals surface area (Å²) in [7, 11) is 0. The molecule has 0 aliphatic carbocycles. The van der Waals surface area contributed by atoms with Crippen molar-refractivity contribution < 1.29 is 0 Å². The van der Waals surface area contributed by atoms with Gasteiger partial charge in [-0.3, -0.25) is 4.40 Å². The first-order chi connectivity index (χ1) is 8.85. The van der Waals surface area contributed by atoms with Gasteiger partial charge in [0.25, 0.3) is 0 Å². The summed E-state index contributed by atoms with van der Waals surface area (Å²) in [6.45, 7) is 4.94. The van der Waals surface area contributed by atoms with Gasteiger partial charge in [-0.2, -0.15) is 0 Å². The number of rotatable bonds is 3. The average Bonchev–Trinajstić information content (AvgIpc) is 2.83. The van der Waals surface area contributed by atoms with Crippen molar-refractivity contribution in [2.45, 2.75) is 20.3 Å². The third-order valence-corrected chi connectivity index (χ3v) is 2.96. The molecule has 2 heterocycles. The molecule has 0 aliphatic heterocycles. The summed E-state index contributed by atoms with van der Waals surface area (Å²) in [6, 6.07) is 8.06. The van der Waals surface area contributed by atoms with Crippen LogP contribution in [0, 0.1) is 0 Å². The molecule has 0 radical (unpaired) electrons. The molecule has 0 fully saturated rings. The number of hydrogen-bond donors (Lipinski definition) is 1. The Hall–Kier alpha value is -2.17. The van der Waals surface area contributed by atoms with Crippen LogP contribution in [0.15, 0.2) is 24.3 Å². The minimum atomic E-state index is 0.795. The molecule has 1 N–H and O–H groups in total. The molecule has 3 aromatic rings. The Bertz CT molecular complexity index is 701. The van der Waals surface area contributed by atoms with Crippen LogP contribution in [-0.2, 0) is 6.42 Å². The SMILES string of the molecule is CCNc1nc2ccccc2n2c(CC)nnc12. The van der Waals surface area contributed by atoms with Crippen molar-refractivity contribution >= 4 is 22.5 Å². The van der Waals surface area contributed by atoms with E-state index in [0.717, 1.165) is 41.3 Å². The van der Waals surface area contributed by atoms with E-state index >= 15 is 0 Å². The Morgan fingerprint density at radius 3 is 2.78 bits per heavy atom. The highest BCUT2D eigenvalue weighted by atomic mass is 15.3. The molecule has 0 saturated carbocycles. The smallest absolute Gasteiger partial charge is 0.204 e. The molecule has 0 bridgehead atoms. The van der Waals surface area contributed by atoms with Crippen molar-refractivity contribution in [3.8, 4) is 0 Å². The highest BCUT2D eigenvalue weighted by molar-refractivity contribution is 5.82. The molecule has 3 rings (SSSR count). The second-order valence-electron chi connectivity index (χ2n) is 4.11. The zero-order chi connectivity index (χ0) is 12.5. The van der Waals surface area contributed by atoms with Crippen LogP contribution in [0.1, 0.15) is 19.7 Å². The predicted molar refractivity (Wildman–Crippen MR) is 71.8 cm³/mol. The molecule has 2 aromatic heterocycles. The van der Waals surface area contributed by atoms with Crippen molar-refractivity contribution in [2.75, 3.05) is 11.9 Å². The molecule has 0 unspecified atom stereocenters. The molecule has 0 saturated heterocycles. The molecular weight excluding hydrogens is 226 g/mol. The summed E-state index contributed by atoms with van der Waals surface area (Å²) in [5.41, 5.74) is 2.80. The average molecular weight is 241 g/mol. The summed E-state index contributed by atoms with van der Waals surface area (Å²) in [5.74, 6) is 1.76. The number of aryl methyl sites for hydroxylation is 1. The normalized spacial score (nSPS) is 11.2. The molecule has 5 heteroatoms. The van der Waals surface area contributed by atoms with E-state index in [1.165, 1.54) is 0 Å². The molecule has 92 valence electrons. The van der Waals surface area contributed by atoms with Crippen LogP contribution < -0.4 is 5.32 Å². The van der Waals surface area contributed by atoms with E-state index in [-0.39, 0.29) is 0 Å². The first kappa shape index (κ1) is 11.0. The lowest BCUT2D eigenvalue weighted by Crippen LogP contribution is -2.04. The van der Waals surface area contributed by atoms with Crippen molar-refractivity contribution in [1.82, 2.24) is 19.6 Å². The lowest BCUT2D eigenvalue weighted by atomic mass is 10.3. The monoisotopic (exact) mass is 241 g/mol. The second-order valence-corrected chi connectivity index (χ2v) is 4.11. The number of para-hydroxylation sites is 2. The van der Waals surface area contributed by atoms with Crippen LogP contribution in [0.2, 0.25) is 0 Å². The Morgan fingerprint density at radius 1 is 1.17 bits per heavy atom. The van der Waals surface area contributed by atoms with Crippen LogP contribution in [0.25, 0.3) is 16.7 Å². The summed E-state index contributed by atoms with van der Waals surface area (Å²) in [5, 5.41) is 11.7. The van der Waals surface area contributed by atoms with Crippen LogP contribution in [-0.4, -0.2) is 26.1 Å². The van der Waals surface area contributed by atoms with Crippen LogP contribution in [0.3, 0.4) is 0 Å². The van der Waals surface area contributed by atoms with Gasteiger partial charge in [0.1, 0.15) is 5.82 Å². The molecule has 18 heavy (non-hydrogen) atoms. The number of aromatic nitrogens is 4. The van der Waals surface area contributed by atoms with Gasteiger partial charge in [0.2, 0.25) is 5.65 Å². The fourth-order valence-corrected chi connectivity index (χ4v) is 2.16. The number of nitrogens with zero attached hydrogens (tertiary/aromatic N) is 4. The lowest BCUT2D eigenvalue weighted by molar-refractivity contribution is 0.921. The van der Waals surface area contributed by atoms with Crippen LogP contribution in [0.4, 0.5) is 5.82 Å². The first-order valence-corrected chi connectivity index (χ1v) is 6.21. The fourth-order valence-electron chi connectivity index (χ4n) is 2.16. The number of hydrogen-bond acceptors (Lipinski definition) is 4. The van der Waals surface area contributed by atoms with E-state index in [4.69, 9.17) is 0 Å². The van der Waals surface area contributed by atoms with Gasteiger partial charge in [0.05, 0.1) is 11.0 Å². The Kier molecular flexibility index (Phi) is 2.59. The first-order valence-electron chi connectivity index (χ1n) is 6.21.